The van der Waals surface area contributed by atoms with Crippen LogP contribution < -0.4 is 4.74 Å². The Kier molecular flexibility index (Phi) is 3.51. The highest BCUT2D eigenvalue weighted by Gasteiger charge is 2.09. The summed E-state index contributed by atoms with van der Waals surface area (Å²) in [6.45, 7) is 4.40. The summed E-state index contributed by atoms with van der Waals surface area (Å²) in [5, 5.41) is 0. The van der Waals surface area contributed by atoms with Crippen molar-refractivity contribution < 1.29 is 14.3 Å². The van der Waals surface area contributed by atoms with Gasteiger partial charge in [-0.3, -0.25) is 0 Å². The first kappa shape index (κ1) is 10.6. The lowest BCUT2D eigenvalue weighted by Crippen LogP contribution is -2.04. The summed E-state index contributed by atoms with van der Waals surface area (Å²) in [7, 11) is 1.37. The number of carbonyl (C=O) groups is 1. The molecular weight excluding hydrogens is 180 g/mol. The van der Waals surface area contributed by atoms with Crippen molar-refractivity contribution in [2.24, 2.45) is 0 Å². The summed E-state index contributed by atoms with van der Waals surface area (Å²) >= 11 is 0. The van der Waals surface area contributed by atoms with Gasteiger partial charge in [0.1, 0.15) is 5.75 Å². The molecule has 0 aliphatic carbocycles. The Morgan fingerprint density at radius 1 is 1.43 bits per heavy atom. The minimum absolute atomic E-state index is 0.314. The second-order valence-corrected chi connectivity index (χ2v) is 2.90. The first-order chi connectivity index (χ1) is 6.69. The fourth-order valence-corrected chi connectivity index (χ4v) is 1.23. The first-order valence-corrected chi connectivity index (χ1v) is 4.50. The SMILES string of the molecule is CCOc1ccc(C(=O)OC)c(C)c1. The van der Waals surface area contributed by atoms with Crippen molar-refractivity contribution >= 4 is 5.97 Å². The molecule has 0 amide bonds. The van der Waals surface area contributed by atoms with Gasteiger partial charge in [0.15, 0.2) is 0 Å². The zero-order chi connectivity index (χ0) is 10.6. The van der Waals surface area contributed by atoms with Crippen molar-refractivity contribution in [3.63, 3.8) is 0 Å². The molecule has 3 heteroatoms. The smallest absolute Gasteiger partial charge is 0.338 e. The Hall–Kier alpha value is -1.51. The summed E-state index contributed by atoms with van der Waals surface area (Å²) < 4.78 is 9.94. The number of carbonyl (C=O) groups excluding carboxylic acids is 1. The van der Waals surface area contributed by atoms with E-state index in [2.05, 4.69) is 4.74 Å². The van der Waals surface area contributed by atoms with Gasteiger partial charge in [0, 0.05) is 0 Å². The van der Waals surface area contributed by atoms with Crippen LogP contribution in [0, 0.1) is 6.92 Å². The standard InChI is InChI=1S/C11H14O3/c1-4-14-9-5-6-10(8(2)7-9)11(12)13-3/h5-7H,4H2,1-3H3. The van der Waals surface area contributed by atoms with Crippen LogP contribution in [0.3, 0.4) is 0 Å². The molecule has 0 atom stereocenters. The first-order valence-electron chi connectivity index (χ1n) is 4.50. The van der Waals surface area contributed by atoms with Gasteiger partial charge in [0.25, 0.3) is 0 Å². The van der Waals surface area contributed by atoms with Gasteiger partial charge in [-0.15, -0.1) is 0 Å². The Balaban J connectivity index is 2.95. The lowest BCUT2D eigenvalue weighted by molar-refractivity contribution is 0.0600. The highest BCUT2D eigenvalue weighted by molar-refractivity contribution is 5.91. The second-order valence-electron chi connectivity index (χ2n) is 2.90. The lowest BCUT2D eigenvalue weighted by atomic mass is 10.1. The van der Waals surface area contributed by atoms with E-state index in [9.17, 15) is 4.79 Å². The van der Waals surface area contributed by atoms with E-state index < -0.39 is 0 Å². The van der Waals surface area contributed by atoms with Crippen LogP contribution in [0.15, 0.2) is 18.2 Å². The maximum absolute atomic E-state index is 11.2. The monoisotopic (exact) mass is 194 g/mol. The number of aryl methyl sites for hydroxylation is 1. The predicted molar refractivity (Wildman–Crippen MR) is 53.7 cm³/mol. The molecule has 1 aromatic carbocycles. The Morgan fingerprint density at radius 2 is 2.14 bits per heavy atom. The summed E-state index contributed by atoms with van der Waals surface area (Å²) in [5.41, 5.74) is 1.44. The molecule has 0 heterocycles. The second kappa shape index (κ2) is 4.65. The van der Waals surface area contributed by atoms with E-state index in [0.29, 0.717) is 12.2 Å². The zero-order valence-electron chi connectivity index (χ0n) is 8.66. The van der Waals surface area contributed by atoms with E-state index in [4.69, 9.17) is 4.74 Å². The van der Waals surface area contributed by atoms with Gasteiger partial charge in [-0.25, -0.2) is 4.79 Å². The van der Waals surface area contributed by atoms with Crippen LogP contribution in [0.4, 0.5) is 0 Å². The molecule has 0 spiro atoms. The Labute approximate surface area is 83.6 Å². The Bertz CT molecular complexity index is 331. The van der Waals surface area contributed by atoms with E-state index in [1.165, 1.54) is 7.11 Å². The largest absolute Gasteiger partial charge is 0.494 e. The minimum Gasteiger partial charge on any atom is -0.494 e. The summed E-state index contributed by atoms with van der Waals surface area (Å²) in [6, 6.07) is 5.31. The average Bonchev–Trinajstić information content (AvgIpc) is 2.17. The molecule has 3 nitrogen and oxygen atoms in total. The zero-order valence-corrected chi connectivity index (χ0v) is 8.66. The normalized spacial score (nSPS) is 9.64. The molecule has 1 aromatic rings. The van der Waals surface area contributed by atoms with Crippen molar-refractivity contribution in [1.29, 1.82) is 0 Å². The summed E-state index contributed by atoms with van der Waals surface area (Å²) in [6.07, 6.45) is 0. The topological polar surface area (TPSA) is 35.5 Å². The predicted octanol–water partition coefficient (Wildman–Crippen LogP) is 2.18. The van der Waals surface area contributed by atoms with Crippen LogP contribution in [0.25, 0.3) is 0 Å². The van der Waals surface area contributed by atoms with Crippen molar-refractivity contribution in [1.82, 2.24) is 0 Å². The van der Waals surface area contributed by atoms with Crippen LogP contribution in [0.5, 0.6) is 5.75 Å². The molecule has 0 N–H and O–H groups in total. The van der Waals surface area contributed by atoms with Gasteiger partial charge in [-0.1, -0.05) is 0 Å². The number of ether oxygens (including phenoxy) is 2. The maximum atomic E-state index is 11.2. The fraction of sp³-hybridized carbons (Fsp3) is 0.364. The van der Waals surface area contributed by atoms with Crippen molar-refractivity contribution in [3.05, 3.63) is 29.3 Å². The van der Waals surface area contributed by atoms with Gasteiger partial charge >= 0.3 is 5.97 Å². The molecule has 0 unspecified atom stereocenters. The summed E-state index contributed by atoms with van der Waals surface area (Å²) in [4.78, 5) is 11.2. The van der Waals surface area contributed by atoms with Gasteiger partial charge in [0.05, 0.1) is 19.3 Å². The van der Waals surface area contributed by atoms with E-state index >= 15 is 0 Å². The van der Waals surface area contributed by atoms with Crippen LogP contribution in [0.2, 0.25) is 0 Å². The summed E-state index contributed by atoms with van der Waals surface area (Å²) in [5.74, 6) is 0.461. The molecule has 76 valence electrons. The van der Waals surface area contributed by atoms with E-state index in [-0.39, 0.29) is 5.97 Å². The third-order valence-corrected chi connectivity index (χ3v) is 1.91. The van der Waals surface area contributed by atoms with Gasteiger partial charge in [0.2, 0.25) is 0 Å². The van der Waals surface area contributed by atoms with Crippen LogP contribution in [-0.2, 0) is 4.74 Å². The van der Waals surface area contributed by atoms with Crippen molar-refractivity contribution in [3.8, 4) is 5.75 Å². The Morgan fingerprint density at radius 3 is 2.64 bits per heavy atom. The number of hydrogen-bond acceptors (Lipinski definition) is 3. The molecule has 0 aliphatic heterocycles. The molecular formula is C11H14O3. The van der Waals surface area contributed by atoms with Crippen molar-refractivity contribution in [2.75, 3.05) is 13.7 Å². The molecule has 14 heavy (non-hydrogen) atoms. The third-order valence-electron chi connectivity index (χ3n) is 1.91. The number of rotatable bonds is 3. The molecule has 0 saturated heterocycles. The minimum atomic E-state index is -0.314. The van der Waals surface area contributed by atoms with Gasteiger partial charge in [-0.2, -0.15) is 0 Å². The third kappa shape index (κ3) is 2.25. The number of hydrogen-bond donors (Lipinski definition) is 0. The molecule has 0 aromatic heterocycles. The van der Waals surface area contributed by atoms with Gasteiger partial charge in [-0.05, 0) is 37.6 Å². The van der Waals surface area contributed by atoms with E-state index in [1.807, 2.05) is 19.9 Å². The van der Waals surface area contributed by atoms with Crippen LogP contribution in [0.1, 0.15) is 22.8 Å². The fourth-order valence-electron chi connectivity index (χ4n) is 1.23. The molecule has 0 fully saturated rings. The molecule has 0 radical (unpaired) electrons. The van der Waals surface area contributed by atoms with Crippen LogP contribution in [-0.4, -0.2) is 19.7 Å². The highest BCUT2D eigenvalue weighted by Crippen LogP contribution is 2.17. The number of esters is 1. The maximum Gasteiger partial charge on any atom is 0.338 e. The quantitative estimate of drug-likeness (QED) is 0.692. The van der Waals surface area contributed by atoms with Crippen LogP contribution >= 0.6 is 0 Å². The molecule has 0 saturated carbocycles. The lowest BCUT2D eigenvalue weighted by Gasteiger charge is -2.07. The highest BCUT2D eigenvalue weighted by atomic mass is 16.5. The molecule has 0 bridgehead atoms. The number of benzene rings is 1. The molecule has 1 rings (SSSR count). The molecule has 0 aliphatic rings. The van der Waals surface area contributed by atoms with E-state index in [0.717, 1.165) is 11.3 Å². The van der Waals surface area contributed by atoms with Crippen molar-refractivity contribution in [2.45, 2.75) is 13.8 Å². The average molecular weight is 194 g/mol. The number of methoxy groups -OCH3 is 1. The van der Waals surface area contributed by atoms with Gasteiger partial charge < -0.3 is 9.47 Å². The van der Waals surface area contributed by atoms with E-state index in [1.54, 1.807) is 12.1 Å².